The summed E-state index contributed by atoms with van der Waals surface area (Å²) in [5.41, 5.74) is 3.13. The van der Waals surface area contributed by atoms with Gasteiger partial charge in [-0.2, -0.15) is 0 Å². The SMILES string of the molecule is Br.Br.CN(CCCn1c(=N)n(CC(=O)c2ccc(Cl)cc2)c2cccc(Cl)c21)C(=O)Cc1ccccc1. The Hall–Kier alpha value is -2.39. The van der Waals surface area contributed by atoms with Gasteiger partial charge in [0.15, 0.2) is 5.78 Å². The Morgan fingerprint density at radius 1 is 0.892 bits per heavy atom. The quantitative estimate of drug-likeness (QED) is 0.211. The summed E-state index contributed by atoms with van der Waals surface area (Å²) in [6.45, 7) is 1.04. The highest BCUT2D eigenvalue weighted by Gasteiger charge is 2.17. The van der Waals surface area contributed by atoms with Gasteiger partial charge in [-0.05, 0) is 48.4 Å². The second kappa shape index (κ2) is 14.0. The molecule has 1 amide bonds. The molecule has 0 spiro atoms. The average Bonchev–Trinajstić information content (AvgIpc) is 3.12. The number of fused-ring (bicyclic) bond motifs is 1. The summed E-state index contributed by atoms with van der Waals surface area (Å²) in [4.78, 5) is 27.2. The van der Waals surface area contributed by atoms with Crippen LogP contribution in [0, 0.1) is 5.41 Å². The lowest BCUT2D eigenvalue weighted by molar-refractivity contribution is -0.129. The molecule has 0 saturated heterocycles. The minimum Gasteiger partial charge on any atom is -0.345 e. The molecule has 0 fully saturated rings. The topological polar surface area (TPSA) is 71.1 Å². The lowest BCUT2D eigenvalue weighted by Crippen LogP contribution is -2.31. The van der Waals surface area contributed by atoms with Crippen molar-refractivity contribution in [3.63, 3.8) is 0 Å². The number of nitrogens with zero attached hydrogens (tertiary/aromatic N) is 3. The number of aromatic nitrogens is 2. The molecule has 3 aromatic carbocycles. The first-order valence-corrected chi connectivity index (χ1v) is 12.1. The van der Waals surface area contributed by atoms with Gasteiger partial charge >= 0.3 is 0 Å². The van der Waals surface area contributed by atoms with Crippen molar-refractivity contribution in [3.05, 3.63) is 99.6 Å². The number of Topliss-reactive ketones (excluding diaryl/α,β-unsaturated/α-hetero) is 1. The van der Waals surface area contributed by atoms with Crippen LogP contribution in [0.5, 0.6) is 0 Å². The van der Waals surface area contributed by atoms with Crippen molar-refractivity contribution in [2.75, 3.05) is 13.6 Å². The summed E-state index contributed by atoms with van der Waals surface area (Å²) in [5.74, 6) is -0.0771. The van der Waals surface area contributed by atoms with Crippen molar-refractivity contribution < 1.29 is 9.59 Å². The molecular formula is C27H28Br2Cl2N4O2. The molecule has 37 heavy (non-hydrogen) atoms. The Bertz CT molecular complexity index is 1420. The van der Waals surface area contributed by atoms with Gasteiger partial charge in [-0.1, -0.05) is 59.6 Å². The van der Waals surface area contributed by atoms with Crippen molar-refractivity contribution in [1.29, 1.82) is 5.41 Å². The molecule has 196 valence electrons. The van der Waals surface area contributed by atoms with Gasteiger partial charge in [0, 0.05) is 30.7 Å². The molecule has 1 N–H and O–H groups in total. The molecule has 4 aromatic rings. The van der Waals surface area contributed by atoms with Crippen LogP contribution in [0.3, 0.4) is 0 Å². The van der Waals surface area contributed by atoms with E-state index in [9.17, 15) is 9.59 Å². The highest BCUT2D eigenvalue weighted by atomic mass is 79.9. The summed E-state index contributed by atoms with van der Waals surface area (Å²) in [5, 5.41) is 9.87. The van der Waals surface area contributed by atoms with Crippen molar-refractivity contribution in [1.82, 2.24) is 14.0 Å². The fourth-order valence-electron chi connectivity index (χ4n) is 4.10. The second-order valence-corrected chi connectivity index (χ2v) is 9.27. The van der Waals surface area contributed by atoms with Crippen LogP contribution in [0.1, 0.15) is 22.3 Å². The van der Waals surface area contributed by atoms with Gasteiger partial charge in [0.1, 0.15) is 0 Å². The Kier molecular flexibility index (Phi) is 11.6. The molecule has 1 aromatic heterocycles. The van der Waals surface area contributed by atoms with Gasteiger partial charge in [0.2, 0.25) is 11.5 Å². The number of likely N-dealkylation sites (N-methyl/N-ethyl adjacent to an activating group) is 1. The van der Waals surface area contributed by atoms with E-state index in [-0.39, 0.29) is 57.8 Å². The van der Waals surface area contributed by atoms with Crippen molar-refractivity contribution in [2.45, 2.75) is 25.9 Å². The number of aryl methyl sites for hydroxylation is 1. The zero-order chi connectivity index (χ0) is 24.9. The molecule has 0 aliphatic heterocycles. The molecule has 10 heteroatoms. The maximum atomic E-state index is 12.9. The molecular weight excluding hydrogens is 643 g/mol. The normalized spacial score (nSPS) is 10.5. The van der Waals surface area contributed by atoms with E-state index in [2.05, 4.69) is 0 Å². The van der Waals surface area contributed by atoms with Crippen LogP contribution in [0.4, 0.5) is 0 Å². The minimum atomic E-state index is -0.120. The Morgan fingerprint density at radius 2 is 1.57 bits per heavy atom. The number of imidazole rings is 1. The third-order valence-corrected chi connectivity index (χ3v) is 6.56. The van der Waals surface area contributed by atoms with E-state index in [4.69, 9.17) is 28.6 Å². The average molecular weight is 671 g/mol. The minimum absolute atomic E-state index is 0. The summed E-state index contributed by atoms with van der Waals surface area (Å²) in [6.07, 6.45) is 0.995. The van der Waals surface area contributed by atoms with E-state index in [1.807, 2.05) is 47.0 Å². The number of carbonyl (C=O) groups is 2. The van der Waals surface area contributed by atoms with Gasteiger partial charge < -0.3 is 14.0 Å². The van der Waals surface area contributed by atoms with E-state index in [1.54, 1.807) is 46.8 Å². The largest absolute Gasteiger partial charge is 0.345 e. The van der Waals surface area contributed by atoms with Crippen LogP contribution in [-0.2, 0) is 24.3 Å². The maximum Gasteiger partial charge on any atom is 0.226 e. The fourth-order valence-corrected chi connectivity index (χ4v) is 4.50. The Morgan fingerprint density at radius 3 is 2.24 bits per heavy atom. The van der Waals surface area contributed by atoms with Crippen molar-refractivity contribution >= 4 is 79.9 Å². The lowest BCUT2D eigenvalue weighted by Gasteiger charge is -2.17. The third kappa shape index (κ3) is 7.35. The van der Waals surface area contributed by atoms with Gasteiger partial charge in [0.25, 0.3) is 0 Å². The highest BCUT2D eigenvalue weighted by molar-refractivity contribution is 8.93. The molecule has 6 nitrogen and oxygen atoms in total. The van der Waals surface area contributed by atoms with Gasteiger partial charge in [-0.3, -0.25) is 15.0 Å². The molecule has 0 aliphatic carbocycles. The first-order valence-electron chi connectivity index (χ1n) is 11.3. The number of hydrogen-bond donors (Lipinski definition) is 1. The number of rotatable bonds is 9. The molecule has 0 bridgehead atoms. The van der Waals surface area contributed by atoms with Gasteiger partial charge in [0.05, 0.1) is 29.0 Å². The van der Waals surface area contributed by atoms with Crippen LogP contribution in [-0.4, -0.2) is 39.3 Å². The van der Waals surface area contributed by atoms with Crippen LogP contribution in [0.2, 0.25) is 10.0 Å². The standard InChI is InChI=1S/C27H26Cl2N4O2.2BrH/c1-31(25(35)17-19-7-3-2-4-8-19)15-6-16-32-26-22(29)9-5-10-23(26)33(27(32)30)18-24(34)20-11-13-21(28)14-12-20;;/h2-5,7-14,30H,6,15-18H2,1H3;2*1H. The zero-order valence-corrected chi connectivity index (χ0v) is 25.1. The summed E-state index contributed by atoms with van der Waals surface area (Å²) in [6, 6.07) is 21.8. The number of nitrogens with one attached hydrogen (secondary N) is 1. The molecule has 0 aliphatic rings. The fraction of sp³-hybridized carbons (Fsp3) is 0.222. The number of ketones is 1. The van der Waals surface area contributed by atoms with Crippen LogP contribution >= 0.6 is 57.2 Å². The summed E-state index contributed by atoms with van der Waals surface area (Å²) < 4.78 is 3.48. The number of hydrogen-bond acceptors (Lipinski definition) is 3. The monoisotopic (exact) mass is 668 g/mol. The van der Waals surface area contributed by atoms with Crippen molar-refractivity contribution in [2.24, 2.45) is 0 Å². The van der Waals surface area contributed by atoms with E-state index in [0.29, 0.717) is 47.1 Å². The number of amides is 1. The molecule has 0 radical (unpaired) electrons. The summed E-state index contributed by atoms with van der Waals surface area (Å²) >= 11 is 12.5. The molecule has 0 atom stereocenters. The predicted molar refractivity (Wildman–Crippen MR) is 160 cm³/mol. The summed E-state index contributed by atoms with van der Waals surface area (Å²) in [7, 11) is 1.79. The maximum absolute atomic E-state index is 12.9. The third-order valence-electron chi connectivity index (χ3n) is 6.00. The number of carbonyl (C=O) groups excluding carboxylic acids is 2. The van der Waals surface area contributed by atoms with Gasteiger partial charge in [-0.15, -0.1) is 34.0 Å². The first-order chi connectivity index (χ1) is 16.8. The zero-order valence-electron chi connectivity index (χ0n) is 20.2. The second-order valence-electron chi connectivity index (χ2n) is 8.43. The number of halogens is 4. The molecule has 4 rings (SSSR count). The molecule has 0 unspecified atom stereocenters. The number of para-hydroxylation sites is 1. The van der Waals surface area contributed by atoms with Crippen LogP contribution < -0.4 is 5.62 Å². The van der Waals surface area contributed by atoms with E-state index in [0.717, 1.165) is 11.1 Å². The van der Waals surface area contributed by atoms with Crippen molar-refractivity contribution in [3.8, 4) is 0 Å². The van der Waals surface area contributed by atoms with E-state index < -0.39 is 0 Å². The van der Waals surface area contributed by atoms with Crippen LogP contribution in [0.25, 0.3) is 11.0 Å². The Labute approximate surface area is 246 Å². The molecule has 1 heterocycles. The highest BCUT2D eigenvalue weighted by Crippen LogP contribution is 2.23. The molecule has 0 saturated carbocycles. The Balaban J connectivity index is 0.00000241. The smallest absolute Gasteiger partial charge is 0.226 e. The number of benzene rings is 3. The van der Waals surface area contributed by atoms with Gasteiger partial charge in [-0.25, -0.2) is 0 Å². The first kappa shape index (κ1) is 30.8. The van der Waals surface area contributed by atoms with E-state index in [1.165, 1.54) is 0 Å². The van der Waals surface area contributed by atoms with E-state index >= 15 is 0 Å². The predicted octanol–water partition coefficient (Wildman–Crippen LogP) is 6.36. The van der Waals surface area contributed by atoms with Crippen LogP contribution in [0.15, 0.2) is 72.8 Å². The lowest BCUT2D eigenvalue weighted by atomic mass is 10.1.